The third-order valence-electron chi connectivity index (χ3n) is 8.02. The summed E-state index contributed by atoms with van der Waals surface area (Å²) in [5, 5.41) is 0. The highest BCUT2D eigenvalue weighted by atomic mass is 16.6. The molecule has 0 heterocycles. The summed E-state index contributed by atoms with van der Waals surface area (Å²) < 4.78 is 12.7. The van der Waals surface area contributed by atoms with Gasteiger partial charge in [0.25, 0.3) is 0 Å². The minimum Gasteiger partial charge on any atom is -0.450 e. The van der Waals surface area contributed by atoms with E-state index in [9.17, 15) is 9.59 Å². The molecule has 6 heteroatoms. The first-order valence-corrected chi connectivity index (χ1v) is 15.5. The Morgan fingerprint density at radius 2 is 1.11 bits per heavy atom. The van der Waals surface area contributed by atoms with E-state index in [0.717, 1.165) is 48.2 Å². The van der Waals surface area contributed by atoms with E-state index in [1.54, 1.807) is 24.3 Å². The Morgan fingerprint density at radius 1 is 0.659 bits per heavy atom. The number of hydrogen-bond donors (Lipinski definition) is 0. The summed E-state index contributed by atoms with van der Waals surface area (Å²) in [6.07, 6.45) is 10.6. The Balaban J connectivity index is 2.11. The van der Waals surface area contributed by atoms with E-state index < -0.39 is 24.1 Å². The predicted molar refractivity (Wildman–Crippen MR) is 183 cm³/mol. The zero-order valence-electron chi connectivity index (χ0n) is 28.0. The molecule has 0 N–H and O–H groups in total. The molecule has 0 spiro atoms. The molecule has 236 valence electrons. The van der Waals surface area contributed by atoms with Crippen LogP contribution in [0.1, 0.15) is 81.0 Å². The molecular weight excluding hydrogens is 548 g/mol. The highest BCUT2D eigenvalue weighted by Gasteiger charge is 2.35. The highest BCUT2D eigenvalue weighted by Crippen LogP contribution is 2.30. The van der Waals surface area contributed by atoms with Crippen molar-refractivity contribution in [2.45, 2.75) is 72.5 Å². The molecule has 44 heavy (non-hydrogen) atoms. The number of benzene rings is 2. The van der Waals surface area contributed by atoms with Gasteiger partial charge in [-0.3, -0.25) is 0 Å². The van der Waals surface area contributed by atoms with Crippen LogP contribution in [-0.4, -0.2) is 52.3 Å². The van der Waals surface area contributed by atoms with E-state index in [2.05, 4.69) is 52.0 Å². The third kappa shape index (κ3) is 9.73. The Kier molecular flexibility index (Phi) is 12.6. The number of nitrogens with zero attached hydrogens (tertiary/aromatic N) is 2. The Morgan fingerprint density at radius 3 is 1.59 bits per heavy atom. The quantitative estimate of drug-likeness (QED) is 0.235. The summed E-state index contributed by atoms with van der Waals surface area (Å²) in [7, 11) is 7.82. The van der Waals surface area contributed by atoms with Gasteiger partial charge in [-0.25, -0.2) is 9.59 Å². The number of esters is 2. The maximum absolute atomic E-state index is 13.7. The summed E-state index contributed by atoms with van der Waals surface area (Å²) in [6.45, 7) is 10.4. The molecule has 2 aromatic carbocycles. The average Bonchev–Trinajstić information content (AvgIpc) is 2.98. The van der Waals surface area contributed by atoms with Gasteiger partial charge in [-0.15, -0.1) is 0 Å². The molecule has 1 aliphatic rings. The van der Waals surface area contributed by atoms with Gasteiger partial charge in [0.15, 0.2) is 12.2 Å². The molecule has 0 aliphatic heterocycles. The summed E-state index contributed by atoms with van der Waals surface area (Å²) in [5.41, 5.74) is 7.15. The van der Waals surface area contributed by atoms with Crippen LogP contribution in [0, 0.1) is 5.92 Å². The van der Waals surface area contributed by atoms with E-state index in [4.69, 9.17) is 9.47 Å². The van der Waals surface area contributed by atoms with E-state index in [-0.39, 0.29) is 5.92 Å². The van der Waals surface area contributed by atoms with Crippen molar-refractivity contribution in [2.75, 3.05) is 38.0 Å². The van der Waals surface area contributed by atoms with Crippen LogP contribution in [0.15, 0.2) is 95.1 Å². The largest absolute Gasteiger partial charge is 0.450 e. The second-order valence-corrected chi connectivity index (χ2v) is 12.4. The second-order valence-electron chi connectivity index (χ2n) is 12.4. The van der Waals surface area contributed by atoms with Crippen molar-refractivity contribution in [3.05, 3.63) is 106 Å². The van der Waals surface area contributed by atoms with E-state index >= 15 is 0 Å². The molecule has 0 fully saturated rings. The molecule has 1 aliphatic carbocycles. The zero-order chi connectivity index (χ0) is 32.4. The van der Waals surface area contributed by atoms with Gasteiger partial charge in [-0.1, -0.05) is 49.3 Å². The van der Waals surface area contributed by atoms with Crippen LogP contribution in [0.5, 0.6) is 0 Å². The minimum absolute atomic E-state index is 0.0244. The van der Waals surface area contributed by atoms with Gasteiger partial charge in [0.2, 0.25) is 0 Å². The van der Waals surface area contributed by atoms with E-state index in [1.165, 1.54) is 11.1 Å². The monoisotopic (exact) mass is 598 g/mol. The van der Waals surface area contributed by atoms with Crippen LogP contribution in [0.3, 0.4) is 0 Å². The lowest BCUT2D eigenvalue weighted by Gasteiger charge is -2.31. The average molecular weight is 599 g/mol. The lowest BCUT2D eigenvalue weighted by Crippen LogP contribution is -2.39. The summed E-state index contributed by atoms with van der Waals surface area (Å²) in [4.78, 5) is 31.3. The molecule has 0 radical (unpaired) electrons. The van der Waals surface area contributed by atoms with Crippen LogP contribution in [-0.2, 0) is 9.47 Å². The fourth-order valence-electron chi connectivity index (χ4n) is 5.09. The van der Waals surface area contributed by atoms with Crippen molar-refractivity contribution in [2.24, 2.45) is 5.92 Å². The minimum atomic E-state index is -0.819. The molecule has 0 saturated carbocycles. The van der Waals surface area contributed by atoms with Crippen molar-refractivity contribution < 1.29 is 19.1 Å². The molecule has 0 amide bonds. The third-order valence-corrected chi connectivity index (χ3v) is 8.02. The molecule has 2 aromatic rings. The fraction of sp³-hybridized carbons (Fsp3) is 0.421. The first kappa shape index (κ1) is 34.4. The maximum Gasteiger partial charge on any atom is 0.338 e. The Bertz CT molecular complexity index is 1390. The number of carbonyl (C=O) groups is 2. The number of ether oxygens (including phenoxy) is 2. The van der Waals surface area contributed by atoms with Crippen LogP contribution >= 0.6 is 0 Å². The standard InChI is InChI=1S/C38H50N2O4/c1-26(2)34-25-16-28(4)13-10-12-27(3)14-11-15-29(5)35(43-37(41)30-17-21-32(22-18-30)39(6)7)36(34)44-38(42)31-19-23-33(24-20-31)40(8)9/h12,15-26,35-36H,10-11,13-14H2,1-9H3/b27-12+,28-16-,29-15+,34-25-/t35-,36-/m1/s1. The number of hydrogen-bond acceptors (Lipinski definition) is 6. The number of rotatable bonds is 7. The predicted octanol–water partition coefficient (Wildman–Crippen LogP) is 8.56. The van der Waals surface area contributed by atoms with Crippen molar-refractivity contribution in [3.63, 3.8) is 0 Å². The molecule has 0 unspecified atom stereocenters. The van der Waals surface area contributed by atoms with Crippen molar-refractivity contribution in [1.29, 1.82) is 0 Å². The summed E-state index contributed by atoms with van der Waals surface area (Å²) in [5.74, 6) is -0.899. The number of anilines is 2. The number of carbonyl (C=O) groups excluding carboxylic acids is 2. The van der Waals surface area contributed by atoms with Gasteiger partial charge in [0, 0.05) is 39.6 Å². The van der Waals surface area contributed by atoms with Crippen LogP contribution in [0.25, 0.3) is 0 Å². The van der Waals surface area contributed by atoms with E-state index in [1.807, 2.05) is 69.2 Å². The normalized spacial score (nSPS) is 23.0. The molecule has 0 aromatic heterocycles. The zero-order valence-corrected chi connectivity index (χ0v) is 28.0. The lowest BCUT2D eigenvalue weighted by atomic mass is 9.89. The van der Waals surface area contributed by atoms with Gasteiger partial charge in [-0.2, -0.15) is 0 Å². The van der Waals surface area contributed by atoms with Crippen LogP contribution < -0.4 is 9.80 Å². The number of allylic oxidation sites excluding steroid dienone is 6. The fourth-order valence-corrected chi connectivity index (χ4v) is 5.09. The molecule has 6 nitrogen and oxygen atoms in total. The van der Waals surface area contributed by atoms with Gasteiger partial charge in [0.05, 0.1) is 11.1 Å². The van der Waals surface area contributed by atoms with E-state index in [0.29, 0.717) is 11.1 Å². The summed E-state index contributed by atoms with van der Waals surface area (Å²) >= 11 is 0. The van der Waals surface area contributed by atoms with Crippen LogP contribution in [0.2, 0.25) is 0 Å². The lowest BCUT2D eigenvalue weighted by molar-refractivity contribution is -0.0155. The SMILES string of the molecule is C/C1=C/C=C(/C(C)C)[C@@H](OC(=O)c2ccc(N(C)C)cc2)[C@H](OC(=O)c2ccc(N(C)C)cc2)/C(C)=C/CC/C(C)=C/CC1. The first-order valence-electron chi connectivity index (χ1n) is 15.5. The summed E-state index contributed by atoms with van der Waals surface area (Å²) in [6, 6.07) is 14.7. The van der Waals surface area contributed by atoms with Crippen molar-refractivity contribution in [1.82, 2.24) is 0 Å². The molecule has 0 saturated heterocycles. The van der Waals surface area contributed by atoms with Crippen molar-refractivity contribution >= 4 is 23.3 Å². The molecule has 0 bridgehead atoms. The molecule has 2 atom stereocenters. The van der Waals surface area contributed by atoms with Crippen molar-refractivity contribution in [3.8, 4) is 0 Å². The Labute approximate surface area is 264 Å². The second kappa shape index (κ2) is 16.1. The maximum atomic E-state index is 13.7. The van der Waals surface area contributed by atoms with Gasteiger partial charge < -0.3 is 19.3 Å². The van der Waals surface area contributed by atoms with Crippen LogP contribution in [0.4, 0.5) is 11.4 Å². The van der Waals surface area contributed by atoms with Gasteiger partial charge in [0.1, 0.15) is 0 Å². The highest BCUT2D eigenvalue weighted by molar-refractivity contribution is 5.91. The van der Waals surface area contributed by atoms with Gasteiger partial charge in [-0.05, 0) is 112 Å². The smallest absolute Gasteiger partial charge is 0.338 e. The molecular formula is C38H50N2O4. The molecule has 3 rings (SSSR count). The first-order chi connectivity index (χ1) is 20.9. The topological polar surface area (TPSA) is 59.1 Å². The van der Waals surface area contributed by atoms with Gasteiger partial charge >= 0.3 is 11.9 Å². The Hall–Kier alpha value is -4.06.